The standard InChI is InChI=1S/2C14H16N2O4/c2*1-2-3-4-5-10(15-11(17)6-7-12(15)18)16-13(19)8-9-14(16)20/h2*6-10H,2-5H2,1H3. The van der Waals surface area contributed by atoms with E-state index in [-0.39, 0.29) is 0 Å². The lowest BCUT2D eigenvalue weighted by atomic mass is 10.1. The Morgan fingerprint density at radius 2 is 0.600 bits per heavy atom. The fourth-order valence-corrected chi connectivity index (χ4v) is 4.72. The minimum atomic E-state index is -0.827. The maximum absolute atomic E-state index is 11.8. The molecule has 212 valence electrons. The molecule has 0 atom stereocenters. The zero-order chi connectivity index (χ0) is 29.4. The Morgan fingerprint density at radius 3 is 0.775 bits per heavy atom. The van der Waals surface area contributed by atoms with Crippen molar-refractivity contribution in [2.24, 2.45) is 0 Å². The first kappa shape index (κ1) is 30.1. The average Bonchev–Trinajstić information content (AvgIpc) is 3.64. The van der Waals surface area contributed by atoms with Crippen molar-refractivity contribution in [2.75, 3.05) is 0 Å². The van der Waals surface area contributed by atoms with Crippen LogP contribution in [-0.2, 0) is 38.4 Å². The largest absolute Gasteiger partial charge is 0.269 e. The number of unbranched alkanes of at least 4 members (excludes halogenated alkanes) is 4. The van der Waals surface area contributed by atoms with Gasteiger partial charge in [0, 0.05) is 48.6 Å². The Hall–Kier alpha value is -4.48. The van der Waals surface area contributed by atoms with Crippen LogP contribution in [0.25, 0.3) is 0 Å². The van der Waals surface area contributed by atoms with E-state index in [1.54, 1.807) is 0 Å². The van der Waals surface area contributed by atoms with Crippen LogP contribution < -0.4 is 0 Å². The van der Waals surface area contributed by atoms with Crippen molar-refractivity contribution in [3.05, 3.63) is 48.6 Å². The van der Waals surface area contributed by atoms with Crippen molar-refractivity contribution in [3.8, 4) is 0 Å². The number of hydrogen-bond donors (Lipinski definition) is 0. The summed E-state index contributed by atoms with van der Waals surface area (Å²) in [5, 5.41) is 0. The van der Waals surface area contributed by atoms with Crippen LogP contribution in [0.15, 0.2) is 48.6 Å². The molecule has 40 heavy (non-hydrogen) atoms. The molecule has 4 heterocycles. The summed E-state index contributed by atoms with van der Waals surface area (Å²) in [6.45, 7) is 4.05. The lowest BCUT2D eigenvalue weighted by molar-refractivity contribution is -0.155. The normalized spacial score (nSPS) is 18.3. The molecule has 0 fully saturated rings. The number of imide groups is 4. The van der Waals surface area contributed by atoms with Gasteiger partial charge in [-0.15, -0.1) is 0 Å². The monoisotopic (exact) mass is 552 g/mol. The van der Waals surface area contributed by atoms with E-state index in [2.05, 4.69) is 0 Å². The fraction of sp³-hybridized carbons (Fsp3) is 0.429. The number of amides is 8. The van der Waals surface area contributed by atoms with E-state index in [9.17, 15) is 38.4 Å². The van der Waals surface area contributed by atoms with Gasteiger partial charge in [-0.1, -0.05) is 39.5 Å². The summed E-state index contributed by atoms with van der Waals surface area (Å²) in [7, 11) is 0. The summed E-state index contributed by atoms with van der Waals surface area (Å²) < 4.78 is 0. The van der Waals surface area contributed by atoms with Crippen LogP contribution in [0.5, 0.6) is 0 Å². The molecule has 0 saturated heterocycles. The van der Waals surface area contributed by atoms with Gasteiger partial charge >= 0.3 is 0 Å². The lowest BCUT2D eigenvalue weighted by Crippen LogP contribution is -2.53. The zero-order valence-electron chi connectivity index (χ0n) is 22.5. The summed E-state index contributed by atoms with van der Waals surface area (Å²) >= 11 is 0. The molecular weight excluding hydrogens is 520 g/mol. The predicted molar refractivity (Wildman–Crippen MR) is 140 cm³/mol. The Morgan fingerprint density at radius 1 is 0.400 bits per heavy atom. The molecule has 0 N–H and O–H groups in total. The molecule has 0 aromatic carbocycles. The van der Waals surface area contributed by atoms with Gasteiger partial charge in [-0.25, -0.2) is 0 Å². The summed E-state index contributed by atoms with van der Waals surface area (Å²) in [4.78, 5) is 98.2. The van der Waals surface area contributed by atoms with Crippen molar-refractivity contribution in [2.45, 2.75) is 77.5 Å². The SMILES string of the molecule is CCCCCC(N1C(=O)C=CC1=O)N1C(=O)C=CC1=O.CCCCCC(N1C(=O)C=CC1=O)N1C(=O)C=CC1=O. The van der Waals surface area contributed by atoms with Crippen LogP contribution in [0.4, 0.5) is 0 Å². The highest BCUT2D eigenvalue weighted by atomic mass is 16.2. The number of rotatable bonds is 12. The van der Waals surface area contributed by atoms with E-state index < -0.39 is 59.6 Å². The molecule has 0 bridgehead atoms. The molecule has 12 heteroatoms. The van der Waals surface area contributed by atoms with Crippen LogP contribution in [0.1, 0.15) is 65.2 Å². The summed E-state index contributed by atoms with van der Waals surface area (Å²) in [6.07, 6.45) is 13.7. The molecule has 0 aliphatic carbocycles. The number of hydrogen-bond acceptors (Lipinski definition) is 8. The highest BCUT2D eigenvalue weighted by Crippen LogP contribution is 2.23. The first-order valence-corrected chi connectivity index (χ1v) is 13.3. The van der Waals surface area contributed by atoms with E-state index in [1.807, 2.05) is 13.8 Å². The second-order valence-electron chi connectivity index (χ2n) is 9.47. The Balaban J connectivity index is 0.000000220. The van der Waals surface area contributed by atoms with Crippen LogP contribution >= 0.6 is 0 Å². The molecular formula is C28H32N4O8. The Bertz CT molecular complexity index is 981. The maximum Gasteiger partial charge on any atom is 0.255 e. The summed E-state index contributed by atoms with van der Waals surface area (Å²) in [5.74, 6) is -3.86. The summed E-state index contributed by atoms with van der Waals surface area (Å²) in [6, 6.07) is 0. The van der Waals surface area contributed by atoms with Crippen LogP contribution in [0.3, 0.4) is 0 Å². The molecule has 0 spiro atoms. The smallest absolute Gasteiger partial charge is 0.255 e. The Kier molecular flexibility index (Phi) is 10.2. The van der Waals surface area contributed by atoms with Crippen molar-refractivity contribution >= 4 is 47.3 Å². The van der Waals surface area contributed by atoms with Crippen LogP contribution in [0, 0.1) is 0 Å². The molecule has 4 aliphatic heterocycles. The van der Waals surface area contributed by atoms with Crippen LogP contribution in [-0.4, -0.2) is 79.2 Å². The fourth-order valence-electron chi connectivity index (χ4n) is 4.72. The minimum absolute atomic E-state index is 0.409. The molecule has 0 saturated carbocycles. The highest BCUT2D eigenvalue weighted by molar-refractivity contribution is 6.17. The third-order valence-electron chi connectivity index (χ3n) is 6.70. The van der Waals surface area contributed by atoms with Gasteiger partial charge in [0.2, 0.25) is 0 Å². The van der Waals surface area contributed by atoms with Crippen molar-refractivity contribution in [3.63, 3.8) is 0 Å². The van der Waals surface area contributed by atoms with E-state index in [4.69, 9.17) is 0 Å². The summed E-state index contributed by atoms with van der Waals surface area (Å²) in [5.41, 5.74) is 0. The molecule has 12 nitrogen and oxygen atoms in total. The van der Waals surface area contributed by atoms with E-state index in [0.717, 1.165) is 107 Å². The third-order valence-corrected chi connectivity index (χ3v) is 6.70. The van der Waals surface area contributed by atoms with Gasteiger partial charge in [0.1, 0.15) is 12.3 Å². The first-order valence-electron chi connectivity index (χ1n) is 13.3. The van der Waals surface area contributed by atoms with E-state index in [1.165, 1.54) is 0 Å². The topological polar surface area (TPSA) is 150 Å². The van der Waals surface area contributed by atoms with Gasteiger partial charge in [-0.3, -0.25) is 58.0 Å². The van der Waals surface area contributed by atoms with Crippen molar-refractivity contribution < 1.29 is 38.4 Å². The van der Waals surface area contributed by atoms with Gasteiger partial charge in [0.15, 0.2) is 0 Å². The molecule has 8 amide bonds. The number of nitrogens with zero attached hydrogens (tertiary/aromatic N) is 4. The van der Waals surface area contributed by atoms with Crippen molar-refractivity contribution in [1.82, 2.24) is 19.6 Å². The molecule has 4 rings (SSSR count). The molecule has 0 aromatic heterocycles. The minimum Gasteiger partial charge on any atom is -0.269 e. The van der Waals surface area contributed by atoms with Gasteiger partial charge in [-0.05, 0) is 25.7 Å². The average molecular weight is 553 g/mol. The van der Waals surface area contributed by atoms with E-state index in [0.29, 0.717) is 12.8 Å². The second-order valence-corrected chi connectivity index (χ2v) is 9.47. The predicted octanol–water partition coefficient (Wildman–Crippen LogP) is 1.49. The van der Waals surface area contributed by atoms with Gasteiger partial charge < -0.3 is 0 Å². The molecule has 0 unspecified atom stereocenters. The Labute approximate surface area is 231 Å². The van der Waals surface area contributed by atoms with Crippen molar-refractivity contribution in [1.29, 1.82) is 0 Å². The molecule has 0 radical (unpaired) electrons. The quantitative estimate of drug-likeness (QED) is 0.261. The maximum atomic E-state index is 11.8. The molecule has 4 aliphatic rings. The van der Waals surface area contributed by atoms with Gasteiger partial charge in [0.05, 0.1) is 0 Å². The van der Waals surface area contributed by atoms with Crippen LogP contribution in [0.2, 0.25) is 0 Å². The van der Waals surface area contributed by atoms with Gasteiger partial charge in [-0.2, -0.15) is 0 Å². The second kappa shape index (κ2) is 13.5. The first-order chi connectivity index (χ1) is 19.1. The van der Waals surface area contributed by atoms with Gasteiger partial charge in [0.25, 0.3) is 47.3 Å². The number of carbonyl (C=O) groups is 8. The third kappa shape index (κ3) is 6.56. The highest BCUT2D eigenvalue weighted by Gasteiger charge is 2.41. The van der Waals surface area contributed by atoms with E-state index >= 15 is 0 Å². The number of carbonyl (C=O) groups excluding carboxylic acids is 8. The lowest BCUT2D eigenvalue weighted by Gasteiger charge is -2.32. The molecule has 0 aromatic rings. The zero-order valence-corrected chi connectivity index (χ0v) is 22.5.